The highest BCUT2D eigenvalue weighted by atomic mass is 19.1. The number of halogens is 1. The number of hydrogen-bond acceptors (Lipinski definition) is 4. The van der Waals surface area contributed by atoms with Crippen molar-refractivity contribution < 1.29 is 13.9 Å². The lowest BCUT2D eigenvalue weighted by atomic mass is 9.75. The van der Waals surface area contributed by atoms with E-state index in [9.17, 15) is 9.18 Å². The Labute approximate surface area is 122 Å². The molecule has 1 aromatic carbocycles. The number of ether oxygens (including phenoxy) is 1. The standard InChI is InChI=1S/C16H17FN2O2/c1-21-15(20)16(11-18,13-5-3-2-4-6-13)8-12-7-14(17)10-19-9-12/h2-7,9-10H,8,11,18H2,1H3. The summed E-state index contributed by atoms with van der Waals surface area (Å²) in [5, 5.41) is 0. The fourth-order valence-electron chi connectivity index (χ4n) is 2.42. The van der Waals surface area contributed by atoms with Gasteiger partial charge in [0.05, 0.1) is 13.3 Å². The molecular formula is C16H17FN2O2. The van der Waals surface area contributed by atoms with Crippen molar-refractivity contribution in [3.8, 4) is 0 Å². The smallest absolute Gasteiger partial charge is 0.317 e. The van der Waals surface area contributed by atoms with Crippen molar-refractivity contribution in [1.29, 1.82) is 0 Å². The van der Waals surface area contributed by atoms with Crippen LogP contribution in [0.1, 0.15) is 11.1 Å². The minimum absolute atomic E-state index is 0.0558. The Kier molecular flexibility index (Phi) is 4.65. The van der Waals surface area contributed by atoms with Crippen LogP contribution in [-0.4, -0.2) is 24.6 Å². The molecule has 0 amide bonds. The lowest BCUT2D eigenvalue weighted by Gasteiger charge is -2.30. The topological polar surface area (TPSA) is 65.2 Å². The summed E-state index contributed by atoms with van der Waals surface area (Å²) in [4.78, 5) is 16.2. The molecule has 0 fully saturated rings. The Hall–Kier alpha value is -2.27. The zero-order chi connectivity index (χ0) is 15.3. The highest BCUT2D eigenvalue weighted by Gasteiger charge is 2.40. The summed E-state index contributed by atoms with van der Waals surface area (Å²) in [6, 6.07) is 10.5. The maximum absolute atomic E-state index is 13.3. The van der Waals surface area contributed by atoms with E-state index in [1.54, 1.807) is 0 Å². The van der Waals surface area contributed by atoms with Crippen molar-refractivity contribution in [2.75, 3.05) is 13.7 Å². The molecule has 1 atom stereocenters. The number of carbonyl (C=O) groups is 1. The first-order chi connectivity index (χ1) is 10.1. The molecule has 0 saturated heterocycles. The maximum Gasteiger partial charge on any atom is 0.317 e. The molecule has 0 saturated carbocycles. The SMILES string of the molecule is COC(=O)C(CN)(Cc1cncc(F)c1)c1ccccc1. The van der Waals surface area contributed by atoms with Gasteiger partial charge in [-0.2, -0.15) is 0 Å². The molecular weight excluding hydrogens is 271 g/mol. The normalized spacial score (nSPS) is 13.5. The van der Waals surface area contributed by atoms with Crippen LogP contribution in [-0.2, 0) is 21.4 Å². The lowest BCUT2D eigenvalue weighted by Crippen LogP contribution is -2.45. The molecule has 0 aliphatic heterocycles. The Balaban J connectivity index is 2.48. The van der Waals surface area contributed by atoms with Gasteiger partial charge in [0, 0.05) is 12.7 Å². The first-order valence-corrected chi connectivity index (χ1v) is 6.56. The van der Waals surface area contributed by atoms with Gasteiger partial charge in [-0.1, -0.05) is 30.3 Å². The van der Waals surface area contributed by atoms with Gasteiger partial charge in [-0.25, -0.2) is 4.39 Å². The number of nitrogens with zero attached hydrogens (tertiary/aromatic N) is 1. The zero-order valence-corrected chi connectivity index (χ0v) is 11.8. The zero-order valence-electron chi connectivity index (χ0n) is 11.8. The van der Waals surface area contributed by atoms with Crippen LogP contribution < -0.4 is 5.73 Å². The van der Waals surface area contributed by atoms with Crippen molar-refractivity contribution in [2.45, 2.75) is 11.8 Å². The average Bonchev–Trinajstić information content (AvgIpc) is 2.53. The summed E-state index contributed by atoms with van der Waals surface area (Å²) in [6.45, 7) is 0.0558. The third-order valence-corrected chi connectivity index (χ3v) is 3.52. The number of benzene rings is 1. The van der Waals surface area contributed by atoms with Gasteiger partial charge in [0.2, 0.25) is 0 Å². The molecule has 2 rings (SSSR count). The van der Waals surface area contributed by atoms with Crippen molar-refractivity contribution in [2.24, 2.45) is 5.73 Å². The summed E-state index contributed by atoms with van der Waals surface area (Å²) < 4.78 is 18.3. The van der Waals surface area contributed by atoms with Gasteiger partial charge in [0.1, 0.15) is 11.2 Å². The van der Waals surface area contributed by atoms with E-state index < -0.39 is 17.2 Å². The number of rotatable bonds is 5. The van der Waals surface area contributed by atoms with Crippen molar-refractivity contribution >= 4 is 5.97 Å². The van der Waals surface area contributed by atoms with Gasteiger partial charge in [-0.05, 0) is 23.6 Å². The Morgan fingerprint density at radius 2 is 2.05 bits per heavy atom. The van der Waals surface area contributed by atoms with Gasteiger partial charge in [-0.15, -0.1) is 0 Å². The van der Waals surface area contributed by atoms with Crippen LogP contribution in [0.2, 0.25) is 0 Å². The molecule has 5 heteroatoms. The van der Waals surface area contributed by atoms with Crippen LogP contribution in [0.15, 0.2) is 48.8 Å². The first-order valence-electron chi connectivity index (χ1n) is 6.56. The second kappa shape index (κ2) is 6.45. The van der Waals surface area contributed by atoms with Crippen LogP contribution >= 0.6 is 0 Å². The molecule has 0 radical (unpaired) electrons. The number of pyridine rings is 1. The van der Waals surface area contributed by atoms with Crippen LogP contribution in [0, 0.1) is 5.82 Å². The molecule has 2 aromatic rings. The Morgan fingerprint density at radius 3 is 2.62 bits per heavy atom. The van der Waals surface area contributed by atoms with Gasteiger partial charge < -0.3 is 10.5 Å². The number of methoxy groups -OCH3 is 1. The third-order valence-electron chi connectivity index (χ3n) is 3.52. The minimum atomic E-state index is -1.05. The van der Waals surface area contributed by atoms with Crippen molar-refractivity contribution in [3.05, 3.63) is 65.7 Å². The molecule has 1 heterocycles. The van der Waals surface area contributed by atoms with Crippen LogP contribution in [0.25, 0.3) is 0 Å². The average molecular weight is 288 g/mol. The number of esters is 1. The van der Waals surface area contributed by atoms with E-state index in [0.717, 1.165) is 11.8 Å². The summed E-state index contributed by atoms with van der Waals surface area (Å²) in [6.07, 6.45) is 2.87. The lowest BCUT2D eigenvalue weighted by molar-refractivity contribution is -0.147. The first kappa shape index (κ1) is 15.1. The maximum atomic E-state index is 13.3. The highest BCUT2D eigenvalue weighted by Crippen LogP contribution is 2.29. The molecule has 0 spiro atoms. The highest BCUT2D eigenvalue weighted by molar-refractivity contribution is 5.84. The van der Waals surface area contributed by atoms with Crippen LogP contribution in [0.4, 0.5) is 4.39 Å². The van der Waals surface area contributed by atoms with E-state index in [-0.39, 0.29) is 13.0 Å². The fraction of sp³-hybridized carbons (Fsp3) is 0.250. The van der Waals surface area contributed by atoms with Gasteiger partial charge in [0.25, 0.3) is 0 Å². The summed E-state index contributed by atoms with van der Waals surface area (Å²) in [5.41, 5.74) is 6.17. The van der Waals surface area contributed by atoms with E-state index in [1.165, 1.54) is 19.4 Å². The van der Waals surface area contributed by atoms with E-state index in [1.807, 2.05) is 30.3 Å². The second-order valence-corrected chi connectivity index (χ2v) is 4.83. The van der Waals surface area contributed by atoms with E-state index >= 15 is 0 Å². The van der Waals surface area contributed by atoms with Crippen molar-refractivity contribution in [1.82, 2.24) is 4.98 Å². The molecule has 0 bridgehead atoms. The molecule has 110 valence electrons. The van der Waals surface area contributed by atoms with Crippen LogP contribution in [0.3, 0.4) is 0 Å². The van der Waals surface area contributed by atoms with E-state index in [4.69, 9.17) is 10.5 Å². The summed E-state index contributed by atoms with van der Waals surface area (Å²) in [5.74, 6) is -0.892. The van der Waals surface area contributed by atoms with Gasteiger partial charge in [-0.3, -0.25) is 9.78 Å². The molecule has 0 aliphatic rings. The molecule has 1 aromatic heterocycles. The molecule has 1 unspecified atom stereocenters. The van der Waals surface area contributed by atoms with Crippen LogP contribution in [0.5, 0.6) is 0 Å². The number of hydrogen-bond donors (Lipinski definition) is 1. The third kappa shape index (κ3) is 3.08. The monoisotopic (exact) mass is 288 g/mol. The van der Waals surface area contributed by atoms with Gasteiger partial charge >= 0.3 is 5.97 Å². The number of aromatic nitrogens is 1. The Bertz CT molecular complexity index is 619. The predicted molar refractivity (Wildman–Crippen MR) is 77.1 cm³/mol. The molecule has 4 nitrogen and oxygen atoms in total. The molecule has 2 N–H and O–H groups in total. The minimum Gasteiger partial charge on any atom is -0.468 e. The predicted octanol–water partition coefficient (Wildman–Crippen LogP) is 1.83. The number of carbonyl (C=O) groups excluding carboxylic acids is 1. The number of nitrogens with two attached hydrogens (primary N) is 1. The fourth-order valence-corrected chi connectivity index (χ4v) is 2.42. The van der Waals surface area contributed by atoms with E-state index in [2.05, 4.69) is 4.98 Å². The summed E-state index contributed by atoms with van der Waals surface area (Å²) in [7, 11) is 1.32. The Morgan fingerprint density at radius 1 is 1.33 bits per heavy atom. The largest absolute Gasteiger partial charge is 0.468 e. The van der Waals surface area contributed by atoms with E-state index in [0.29, 0.717) is 5.56 Å². The quantitative estimate of drug-likeness (QED) is 0.853. The molecule has 0 aliphatic carbocycles. The van der Waals surface area contributed by atoms with Crippen molar-refractivity contribution in [3.63, 3.8) is 0 Å². The second-order valence-electron chi connectivity index (χ2n) is 4.83. The summed E-state index contributed by atoms with van der Waals surface area (Å²) >= 11 is 0. The molecule has 21 heavy (non-hydrogen) atoms. The van der Waals surface area contributed by atoms with Gasteiger partial charge in [0.15, 0.2) is 0 Å².